The molecule has 178 valence electrons. The molecule has 1 amide bonds. The second-order valence-electron chi connectivity index (χ2n) is 8.55. The number of benzene rings is 3. The van der Waals surface area contributed by atoms with Crippen LogP contribution in [-0.4, -0.2) is 28.0 Å². The summed E-state index contributed by atoms with van der Waals surface area (Å²) in [6, 6.07) is 20.9. The molecular weight excluding hydrogens is 448 g/mol. The Hall–Kier alpha value is -3.32. The fourth-order valence-corrected chi connectivity index (χ4v) is 5.75. The zero-order valence-electron chi connectivity index (χ0n) is 19.5. The predicted molar refractivity (Wildman–Crippen MR) is 134 cm³/mol. The van der Waals surface area contributed by atoms with Crippen molar-refractivity contribution in [3.05, 3.63) is 89.5 Å². The summed E-state index contributed by atoms with van der Waals surface area (Å²) in [5.41, 5.74) is 4.14. The Morgan fingerprint density at radius 3 is 2.32 bits per heavy atom. The van der Waals surface area contributed by atoms with E-state index in [2.05, 4.69) is 23.5 Å². The van der Waals surface area contributed by atoms with Crippen molar-refractivity contribution in [3.63, 3.8) is 0 Å². The number of carbonyl (C=O) groups excluding carboxylic acids is 1. The van der Waals surface area contributed by atoms with Crippen LogP contribution >= 0.6 is 0 Å². The van der Waals surface area contributed by atoms with Crippen LogP contribution < -0.4 is 14.4 Å². The average molecular weight is 479 g/mol. The van der Waals surface area contributed by atoms with Crippen LogP contribution in [0.25, 0.3) is 0 Å². The first-order chi connectivity index (χ1) is 16.4. The van der Waals surface area contributed by atoms with Crippen molar-refractivity contribution in [1.29, 1.82) is 0 Å². The molecule has 0 bridgehead atoms. The van der Waals surface area contributed by atoms with Gasteiger partial charge in [0, 0.05) is 0 Å². The van der Waals surface area contributed by atoms with Gasteiger partial charge in [0.15, 0.2) is 0 Å². The quantitative estimate of drug-likeness (QED) is 0.512. The molecule has 0 fully saturated rings. The molecule has 1 N–H and O–H groups in total. The van der Waals surface area contributed by atoms with Crippen molar-refractivity contribution in [2.45, 2.75) is 43.5 Å². The van der Waals surface area contributed by atoms with Gasteiger partial charge < -0.3 is 10.1 Å². The number of nitrogens with one attached hydrogen (secondary N) is 1. The summed E-state index contributed by atoms with van der Waals surface area (Å²) in [5.74, 6) is 0.229. The molecule has 1 aliphatic rings. The van der Waals surface area contributed by atoms with Crippen molar-refractivity contribution in [2.24, 2.45) is 0 Å². The SMILES string of the molecule is COc1ccc(N(CC(=O)NC(C)c2ccc3c(c2)CCCC3)S(=O)(=O)c2ccccc2)cc1. The number of fused-ring (bicyclic) bond motifs is 1. The molecule has 4 rings (SSSR count). The van der Waals surface area contributed by atoms with E-state index in [9.17, 15) is 13.2 Å². The lowest BCUT2D eigenvalue weighted by atomic mass is 9.89. The molecule has 1 aliphatic carbocycles. The van der Waals surface area contributed by atoms with Crippen LogP contribution in [0.3, 0.4) is 0 Å². The minimum atomic E-state index is -3.95. The Labute approximate surface area is 201 Å². The smallest absolute Gasteiger partial charge is 0.264 e. The minimum Gasteiger partial charge on any atom is -0.497 e. The second kappa shape index (κ2) is 10.3. The molecule has 0 radical (unpaired) electrons. The summed E-state index contributed by atoms with van der Waals surface area (Å²) < 4.78 is 33.2. The highest BCUT2D eigenvalue weighted by molar-refractivity contribution is 7.92. The van der Waals surface area contributed by atoms with Gasteiger partial charge >= 0.3 is 0 Å². The summed E-state index contributed by atoms with van der Waals surface area (Å²) in [6.45, 7) is 1.59. The number of anilines is 1. The topological polar surface area (TPSA) is 75.7 Å². The summed E-state index contributed by atoms with van der Waals surface area (Å²) >= 11 is 0. The van der Waals surface area contributed by atoms with Crippen molar-refractivity contribution < 1.29 is 17.9 Å². The number of nitrogens with zero attached hydrogens (tertiary/aromatic N) is 1. The zero-order chi connectivity index (χ0) is 24.1. The minimum absolute atomic E-state index is 0.126. The van der Waals surface area contributed by atoms with Crippen molar-refractivity contribution >= 4 is 21.6 Å². The highest BCUT2D eigenvalue weighted by Gasteiger charge is 2.27. The van der Waals surface area contributed by atoms with Crippen LogP contribution in [0.4, 0.5) is 5.69 Å². The van der Waals surface area contributed by atoms with Gasteiger partial charge in [0.1, 0.15) is 12.3 Å². The normalized spacial score (nSPS) is 14.1. The molecule has 3 aromatic rings. The zero-order valence-corrected chi connectivity index (χ0v) is 20.3. The van der Waals surface area contributed by atoms with Gasteiger partial charge in [-0.2, -0.15) is 0 Å². The number of aryl methyl sites for hydroxylation is 2. The van der Waals surface area contributed by atoms with E-state index in [1.54, 1.807) is 49.6 Å². The summed E-state index contributed by atoms with van der Waals surface area (Å²) in [7, 11) is -2.40. The number of methoxy groups -OCH3 is 1. The Morgan fingerprint density at radius 2 is 1.65 bits per heavy atom. The molecule has 7 heteroatoms. The standard InChI is InChI=1S/C27H30N2O4S/c1-20(22-13-12-21-8-6-7-9-23(21)18-22)28-27(30)19-29(24-14-16-25(33-2)17-15-24)34(31,32)26-10-4-3-5-11-26/h3-5,10-18,20H,6-9,19H2,1-2H3,(H,28,30). The highest BCUT2D eigenvalue weighted by atomic mass is 32.2. The van der Waals surface area contributed by atoms with Crippen LogP contribution in [0, 0.1) is 0 Å². The van der Waals surface area contributed by atoms with Gasteiger partial charge in [-0.05, 0) is 85.7 Å². The van der Waals surface area contributed by atoms with Crippen LogP contribution in [-0.2, 0) is 27.7 Å². The monoisotopic (exact) mass is 478 g/mol. The fourth-order valence-electron chi connectivity index (χ4n) is 4.31. The maximum Gasteiger partial charge on any atom is 0.264 e. The Kier molecular flexibility index (Phi) is 7.22. The lowest BCUT2D eigenvalue weighted by Gasteiger charge is -2.25. The molecule has 6 nitrogen and oxygen atoms in total. The van der Waals surface area contributed by atoms with E-state index in [0.29, 0.717) is 11.4 Å². The molecule has 0 aromatic heterocycles. The van der Waals surface area contributed by atoms with E-state index < -0.39 is 10.0 Å². The molecule has 0 aliphatic heterocycles. The van der Waals surface area contributed by atoms with E-state index in [0.717, 1.165) is 22.7 Å². The van der Waals surface area contributed by atoms with Crippen LogP contribution in [0.5, 0.6) is 5.75 Å². The first kappa shape index (κ1) is 23.8. The molecule has 0 spiro atoms. The first-order valence-electron chi connectivity index (χ1n) is 11.5. The van der Waals surface area contributed by atoms with E-state index >= 15 is 0 Å². The van der Waals surface area contributed by atoms with Crippen LogP contribution in [0.15, 0.2) is 77.7 Å². The third-order valence-corrected chi connectivity index (χ3v) is 8.02. The molecule has 1 unspecified atom stereocenters. The van der Waals surface area contributed by atoms with Gasteiger partial charge in [-0.3, -0.25) is 9.10 Å². The van der Waals surface area contributed by atoms with Gasteiger partial charge in [-0.1, -0.05) is 36.4 Å². The lowest BCUT2D eigenvalue weighted by molar-refractivity contribution is -0.120. The van der Waals surface area contributed by atoms with E-state index in [1.807, 2.05) is 6.92 Å². The van der Waals surface area contributed by atoms with Crippen molar-refractivity contribution in [2.75, 3.05) is 18.0 Å². The average Bonchev–Trinajstić information content (AvgIpc) is 2.87. The summed E-state index contributed by atoms with van der Waals surface area (Å²) in [6.07, 6.45) is 4.57. The first-order valence-corrected chi connectivity index (χ1v) is 13.0. The maximum atomic E-state index is 13.5. The van der Waals surface area contributed by atoms with Crippen molar-refractivity contribution in [3.8, 4) is 5.75 Å². The van der Waals surface area contributed by atoms with Gasteiger partial charge in [-0.15, -0.1) is 0 Å². The maximum absolute atomic E-state index is 13.5. The van der Waals surface area contributed by atoms with Gasteiger partial charge in [0.2, 0.25) is 5.91 Å². The summed E-state index contributed by atoms with van der Waals surface area (Å²) in [5, 5.41) is 2.98. The van der Waals surface area contributed by atoms with E-state index in [1.165, 1.54) is 36.1 Å². The number of hydrogen-bond acceptors (Lipinski definition) is 4. The van der Waals surface area contributed by atoms with Crippen molar-refractivity contribution in [1.82, 2.24) is 5.32 Å². The molecule has 0 saturated carbocycles. The van der Waals surface area contributed by atoms with Crippen LogP contribution in [0.2, 0.25) is 0 Å². The number of rotatable bonds is 8. The molecule has 0 heterocycles. The van der Waals surface area contributed by atoms with Gasteiger partial charge in [0.25, 0.3) is 10.0 Å². The Morgan fingerprint density at radius 1 is 0.971 bits per heavy atom. The lowest BCUT2D eigenvalue weighted by Crippen LogP contribution is -2.41. The Bertz CT molecular complexity index is 1240. The number of ether oxygens (including phenoxy) is 1. The van der Waals surface area contributed by atoms with Crippen LogP contribution in [0.1, 0.15) is 42.5 Å². The van der Waals surface area contributed by atoms with E-state index in [4.69, 9.17) is 4.74 Å². The third kappa shape index (κ3) is 5.25. The highest BCUT2D eigenvalue weighted by Crippen LogP contribution is 2.27. The predicted octanol–water partition coefficient (Wildman–Crippen LogP) is 4.65. The fraction of sp³-hybridized carbons (Fsp3) is 0.296. The largest absolute Gasteiger partial charge is 0.497 e. The second-order valence-corrected chi connectivity index (χ2v) is 10.4. The molecule has 34 heavy (non-hydrogen) atoms. The molecule has 1 atom stereocenters. The molecule has 0 saturated heterocycles. The Balaban J connectivity index is 1.56. The molecular formula is C27H30N2O4S. The number of amides is 1. The number of carbonyl (C=O) groups is 1. The van der Waals surface area contributed by atoms with E-state index in [-0.39, 0.29) is 23.4 Å². The number of hydrogen-bond donors (Lipinski definition) is 1. The number of sulfonamides is 1. The van der Waals surface area contributed by atoms with Gasteiger partial charge in [0.05, 0.1) is 23.7 Å². The molecule has 3 aromatic carbocycles. The van der Waals surface area contributed by atoms with Gasteiger partial charge in [-0.25, -0.2) is 8.42 Å². The summed E-state index contributed by atoms with van der Waals surface area (Å²) in [4.78, 5) is 13.2. The third-order valence-electron chi connectivity index (χ3n) is 6.23.